The summed E-state index contributed by atoms with van der Waals surface area (Å²) in [7, 11) is 0. The van der Waals surface area contributed by atoms with E-state index in [0.717, 1.165) is 29.9 Å². The van der Waals surface area contributed by atoms with Crippen LogP contribution in [0.3, 0.4) is 0 Å². The van der Waals surface area contributed by atoms with E-state index in [0.29, 0.717) is 19.3 Å². The molecule has 184 valence electrons. The van der Waals surface area contributed by atoms with Crippen molar-refractivity contribution in [3.63, 3.8) is 0 Å². The Kier molecular flexibility index (Phi) is 8.67. The first-order chi connectivity index (χ1) is 16.2. The highest BCUT2D eigenvalue weighted by atomic mass is 16.7. The third-order valence-corrected chi connectivity index (χ3v) is 5.77. The van der Waals surface area contributed by atoms with Crippen molar-refractivity contribution in [2.75, 3.05) is 6.54 Å². The summed E-state index contributed by atoms with van der Waals surface area (Å²) in [6.45, 7) is 5.51. The Morgan fingerprint density at radius 2 is 1.91 bits per heavy atom. The molecular formula is C25H33N3O6. The molecule has 1 unspecified atom stereocenters. The van der Waals surface area contributed by atoms with Gasteiger partial charge in [0.2, 0.25) is 6.29 Å². The fraction of sp³-hybridized carbons (Fsp3) is 0.520. The fourth-order valence-corrected chi connectivity index (χ4v) is 4.13. The minimum atomic E-state index is -0.991. The van der Waals surface area contributed by atoms with Gasteiger partial charge in [0.05, 0.1) is 17.9 Å². The molecule has 1 aromatic carbocycles. The maximum atomic E-state index is 11.9. The molecule has 9 heteroatoms. The number of para-hydroxylation sites is 1. The topological polar surface area (TPSA) is 120 Å². The molecule has 2 N–H and O–H groups in total. The number of carbonyl (C=O) groups excluding carboxylic acids is 2. The number of carboxylic acid groups (broad SMARTS) is 1. The van der Waals surface area contributed by atoms with E-state index in [-0.39, 0.29) is 18.9 Å². The highest BCUT2D eigenvalue weighted by molar-refractivity contribution is 5.71. The lowest BCUT2D eigenvalue weighted by molar-refractivity contribution is -0.165. The largest absolute Gasteiger partial charge is 0.481 e. The molecule has 0 aliphatic carbocycles. The zero-order chi connectivity index (χ0) is 24.7. The van der Waals surface area contributed by atoms with Crippen molar-refractivity contribution >= 4 is 18.0 Å². The van der Waals surface area contributed by atoms with Crippen LogP contribution in [0.25, 0.3) is 5.69 Å². The Balaban J connectivity index is 1.46. The van der Waals surface area contributed by atoms with Crippen LogP contribution in [0.2, 0.25) is 0 Å². The SMILES string of the molecule is CC(C)CC(=O)OC(C)OC(=O)NCCC[C@@H](Cc1ncn2c1CCc1ccccc1-2)C(=O)O. The molecule has 3 rings (SSSR count). The zero-order valence-corrected chi connectivity index (χ0v) is 20.0. The Hall–Kier alpha value is -3.36. The van der Waals surface area contributed by atoms with Crippen LogP contribution in [-0.2, 0) is 38.3 Å². The van der Waals surface area contributed by atoms with Gasteiger partial charge in [-0.05, 0) is 43.2 Å². The number of carbonyl (C=O) groups is 3. The van der Waals surface area contributed by atoms with Crippen LogP contribution in [0.5, 0.6) is 0 Å². The smallest absolute Gasteiger partial charge is 0.410 e. The van der Waals surface area contributed by atoms with Crippen molar-refractivity contribution < 1.29 is 29.0 Å². The molecule has 2 heterocycles. The Bertz CT molecular complexity index is 1020. The second kappa shape index (κ2) is 11.7. The number of carboxylic acids is 1. The number of ether oxygens (including phenoxy) is 2. The number of hydrogen-bond donors (Lipinski definition) is 2. The van der Waals surface area contributed by atoms with Gasteiger partial charge in [0.1, 0.15) is 0 Å². The quantitative estimate of drug-likeness (QED) is 0.292. The molecule has 1 amide bonds. The number of benzene rings is 1. The molecule has 1 aromatic heterocycles. The van der Waals surface area contributed by atoms with E-state index in [1.165, 1.54) is 12.5 Å². The number of aryl methyl sites for hydroxylation is 1. The lowest BCUT2D eigenvalue weighted by atomic mass is 9.94. The summed E-state index contributed by atoms with van der Waals surface area (Å²) in [6.07, 6.45) is 3.24. The molecule has 2 atom stereocenters. The molecule has 2 aromatic rings. The van der Waals surface area contributed by atoms with Crippen LogP contribution in [0, 0.1) is 11.8 Å². The van der Waals surface area contributed by atoms with E-state index >= 15 is 0 Å². The number of alkyl carbamates (subject to hydrolysis) is 1. The highest BCUT2D eigenvalue weighted by Crippen LogP contribution is 2.28. The predicted molar refractivity (Wildman–Crippen MR) is 125 cm³/mol. The van der Waals surface area contributed by atoms with Crippen molar-refractivity contribution in [1.82, 2.24) is 14.9 Å². The summed E-state index contributed by atoms with van der Waals surface area (Å²) < 4.78 is 12.1. The second-order valence-corrected chi connectivity index (χ2v) is 9.01. The molecule has 9 nitrogen and oxygen atoms in total. The van der Waals surface area contributed by atoms with E-state index in [1.54, 1.807) is 6.33 Å². The molecule has 0 fully saturated rings. The maximum absolute atomic E-state index is 11.9. The number of nitrogens with one attached hydrogen (secondary N) is 1. The lowest BCUT2D eigenvalue weighted by Gasteiger charge is -2.20. The monoisotopic (exact) mass is 471 g/mol. The molecule has 34 heavy (non-hydrogen) atoms. The number of hydrogen-bond acceptors (Lipinski definition) is 6. The van der Waals surface area contributed by atoms with Crippen molar-refractivity contribution in [3.8, 4) is 5.69 Å². The van der Waals surface area contributed by atoms with Crippen LogP contribution < -0.4 is 5.32 Å². The van der Waals surface area contributed by atoms with Gasteiger partial charge >= 0.3 is 18.0 Å². The van der Waals surface area contributed by atoms with Gasteiger partial charge in [0.15, 0.2) is 0 Å². The first kappa shape index (κ1) is 25.3. The third kappa shape index (κ3) is 6.82. The van der Waals surface area contributed by atoms with E-state index < -0.39 is 30.2 Å². The second-order valence-electron chi connectivity index (χ2n) is 9.01. The van der Waals surface area contributed by atoms with Crippen molar-refractivity contribution in [3.05, 3.63) is 47.5 Å². The van der Waals surface area contributed by atoms with Gasteiger partial charge < -0.3 is 24.5 Å². The molecule has 0 saturated heterocycles. The number of aliphatic carboxylic acids is 1. The van der Waals surface area contributed by atoms with Gasteiger partial charge in [-0.1, -0.05) is 32.0 Å². The van der Waals surface area contributed by atoms with Crippen LogP contribution in [-0.4, -0.2) is 45.5 Å². The van der Waals surface area contributed by atoms with Crippen LogP contribution >= 0.6 is 0 Å². The van der Waals surface area contributed by atoms with E-state index in [9.17, 15) is 19.5 Å². The maximum Gasteiger partial charge on any atom is 0.410 e. The Morgan fingerprint density at radius 3 is 2.65 bits per heavy atom. The fourth-order valence-electron chi connectivity index (χ4n) is 4.13. The first-order valence-corrected chi connectivity index (χ1v) is 11.7. The van der Waals surface area contributed by atoms with Crippen molar-refractivity contribution in [2.24, 2.45) is 11.8 Å². The average molecular weight is 472 g/mol. The van der Waals surface area contributed by atoms with Crippen molar-refractivity contribution in [1.29, 1.82) is 0 Å². The van der Waals surface area contributed by atoms with E-state index in [2.05, 4.69) is 27.0 Å². The predicted octanol–water partition coefficient (Wildman–Crippen LogP) is 3.66. The Morgan fingerprint density at radius 1 is 1.15 bits per heavy atom. The lowest BCUT2D eigenvalue weighted by Crippen LogP contribution is -2.31. The van der Waals surface area contributed by atoms with Gasteiger partial charge in [0, 0.05) is 37.7 Å². The van der Waals surface area contributed by atoms with E-state index in [4.69, 9.17) is 9.47 Å². The number of imidazole rings is 1. The average Bonchev–Trinajstić information content (AvgIpc) is 3.18. The van der Waals surface area contributed by atoms with Crippen LogP contribution in [0.4, 0.5) is 4.79 Å². The Labute approximate surface area is 199 Å². The molecule has 0 radical (unpaired) electrons. The van der Waals surface area contributed by atoms with Crippen LogP contribution in [0.1, 0.15) is 57.0 Å². The number of rotatable bonds is 11. The van der Waals surface area contributed by atoms with Gasteiger partial charge in [-0.25, -0.2) is 9.78 Å². The number of fused-ring (bicyclic) bond motifs is 3. The summed E-state index contributed by atoms with van der Waals surface area (Å²) >= 11 is 0. The number of nitrogens with zero attached hydrogens (tertiary/aromatic N) is 2. The molecule has 0 saturated carbocycles. The van der Waals surface area contributed by atoms with Crippen molar-refractivity contribution in [2.45, 2.75) is 65.6 Å². The summed E-state index contributed by atoms with van der Waals surface area (Å²) in [4.78, 5) is 39.9. The van der Waals surface area contributed by atoms with Gasteiger partial charge in [-0.15, -0.1) is 0 Å². The zero-order valence-electron chi connectivity index (χ0n) is 20.0. The number of aromatic nitrogens is 2. The standard InChI is InChI=1S/C25H33N3O6/c1-16(2)13-23(29)33-17(3)34-25(32)26-12-6-8-19(24(30)31)14-20-22-11-10-18-7-4-5-9-21(18)28(22)15-27-20/h4-5,7,9,15-17,19H,6,8,10-14H2,1-3H3,(H,26,32)(H,30,31)/t17?,19-/m0/s1. The van der Waals surface area contributed by atoms with Crippen LogP contribution in [0.15, 0.2) is 30.6 Å². The van der Waals surface area contributed by atoms with Gasteiger partial charge in [-0.2, -0.15) is 0 Å². The normalized spacial score (nSPS) is 14.0. The minimum Gasteiger partial charge on any atom is -0.481 e. The molecule has 0 spiro atoms. The first-order valence-electron chi connectivity index (χ1n) is 11.7. The molecular weight excluding hydrogens is 438 g/mol. The third-order valence-electron chi connectivity index (χ3n) is 5.77. The molecule has 1 aliphatic heterocycles. The van der Waals surface area contributed by atoms with Gasteiger partial charge in [-0.3, -0.25) is 9.59 Å². The number of esters is 1. The summed E-state index contributed by atoms with van der Waals surface area (Å²) in [5.74, 6) is -1.76. The summed E-state index contributed by atoms with van der Waals surface area (Å²) in [6, 6.07) is 8.16. The van der Waals surface area contributed by atoms with Gasteiger partial charge in [0.25, 0.3) is 0 Å². The molecule has 0 bridgehead atoms. The number of amides is 1. The highest BCUT2D eigenvalue weighted by Gasteiger charge is 2.25. The minimum absolute atomic E-state index is 0.152. The summed E-state index contributed by atoms with van der Waals surface area (Å²) in [5.41, 5.74) is 4.23. The summed E-state index contributed by atoms with van der Waals surface area (Å²) in [5, 5.41) is 12.3. The van der Waals surface area contributed by atoms with E-state index in [1.807, 2.05) is 26.0 Å². The molecule has 1 aliphatic rings.